The Morgan fingerprint density at radius 3 is 2.59 bits per heavy atom. The number of fused-ring (bicyclic) bond motifs is 2. The molecule has 2 heterocycles. The number of benzene rings is 2. The second-order valence-electron chi connectivity index (χ2n) is 9.50. The van der Waals surface area contributed by atoms with Gasteiger partial charge in [-0.05, 0) is 61.8 Å². The zero-order valence-electron chi connectivity index (χ0n) is 17.7. The number of nitrogens with zero attached hydrogens (tertiary/aromatic N) is 1. The molecule has 3 N–H and O–H groups in total. The zero-order valence-corrected chi connectivity index (χ0v) is 18.4. The van der Waals surface area contributed by atoms with Crippen molar-refractivity contribution in [3.05, 3.63) is 74.8 Å². The standard InChI is InChI=1S/C25H23ClN4O2/c1-13-6-7-19(26)18-8-20(28-21(13)18)24(32)27-15-11-25(12-15)9-14(10-25)22-16-4-2-3-5-17(16)23(31)30-29-22/h2-8,14-15,28H,9-12H2,1H3,(H,27,32)(H,30,31)/t14-,15-,25?. The van der Waals surface area contributed by atoms with Gasteiger partial charge in [-0.25, -0.2) is 5.10 Å². The number of halogens is 1. The fourth-order valence-electron chi connectivity index (χ4n) is 5.76. The lowest BCUT2D eigenvalue weighted by atomic mass is 9.49. The van der Waals surface area contributed by atoms with Gasteiger partial charge in [-0.3, -0.25) is 9.59 Å². The SMILES string of the molecule is Cc1ccc(Cl)c2cc(C(=O)N[C@H]3CC4(C3)C[C@H](c3n[nH]c(=O)c5ccccc53)C4)[nH]c12. The summed E-state index contributed by atoms with van der Waals surface area (Å²) in [5.41, 5.74) is 3.65. The lowest BCUT2D eigenvalue weighted by Gasteiger charge is -2.57. The number of aryl methyl sites for hydroxylation is 1. The lowest BCUT2D eigenvalue weighted by Crippen LogP contribution is -2.55. The highest BCUT2D eigenvalue weighted by molar-refractivity contribution is 6.35. The summed E-state index contributed by atoms with van der Waals surface area (Å²) < 4.78 is 0. The summed E-state index contributed by atoms with van der Waals surface area (Å²) in [4.78, 5) is 28.1. The van der Waals surface area contributed by atoms with E-state index in [1.807, 2.05) is 49.4 Å². The predicted molar refractivity (Wildman–Crippen MR) is 125 cm³/mol. The topological polar surface area (TPSA) is 90.6 Å². The van der Waals surface area contributed by atoms with E-state index in [2.05, 4.69) is 20.5 Å². The van der Waals surface area contributed by atoms with Crippen LogP contribution in [-0.4, -0.2) is 27.1 Å². The van der Waals surface area contributed by atoms with E-state index in [-0.39, 0.29) is 22.9 Å². The third-order valence-corrected chi connectivity index (χ3v) is 7.69. The van der Waals surface area contributed by atoms with Crippen molar-refractivity contribution in [2.24, 2.45) is 5.41 Å². The van der Waals surface area contributed by atoms with Crippen LogP contribution < -0.4 is 10.9 Å². The second-order valence-corrected chi connectivity index (χ2v) is 9.91. The lowest BCUT2D eigenvalue weighted by molar-refractivity contribution is -0.0197. The molecule has 0 aliphatic heterocycles. The molecule has 0 radical (unpaired) electrons. The van der Waals surface area contributed by atoms with E-state index in [1.165, 1.54) is 0 Å². The van der Waals surface area contributed by atoms with Crippen LogP contribution in [0.5, 0.6) is 0 Å². The third kappa shape index (κ3) is 2.97. The maximum atomic E-state index is 12.8. The van der Waals surface area contributed by atoms with Crippen molar-refractivity contribution < 1.29 is 4.79 Å². The summed E-state index contributed by atoms with van der Waals surface area (Å²) in [6.45, 7) is 2.00. The number of hydrogen-bond donors (Lipinski definition) is 3. The summed E-state index contributed by atoms with van der Waals surface area (Å²) in [6.07, 6.45) is 4.06. The van der Waals surface area contributed by atoms with E-state index in [1.54, 1.807) is 0 Å². The first-order valence-corrected chi connectivity index (χ1v) is 11.4. The fraction of sp³-hybridized carbons (Fsp3) is 0.320. The van der Waals surface area contributed by atoms with Gasteiger partial charge in [0.05, 0.1) is 16.6 Å². The normalized spacial score (nSPS) is 24.4. The molecule has 6 rings (SSSR count). The van der Waals surface area contributed by atoms with Crippen LogP contribution >= 0.6 is 11.6 Å². The highest BCUT2D eigenvalue weighted by atomic mass is 35.5. The maximum absolute atomic E-state index is 12.8. The summed E-state index contributed by atoms with van der Waals surface area (Å²) >= 11 is 6.29. The molecular formula is C25H23ClN4O2. The third-order valence-electron chi connectivity index (χ3n) is 7.36. The molecule has 32 heavy (non-hydrogen) atoms. The minimum atomic E-state index is -0.140. The van der Waals surface area contributed by atoms with E-state index >= 15 is 0 Å². The summed E-state index contributed by atoms with van der Waals surface area (Å²) in [7, 11) is 0. The molecule has 2 aliphatic carbocycles. The van der Waals surface area contributed by atoms with Gasteiger partial charge in [0.2, 0.25) is 0 Å². The van der Waals surface area contributed by atoms with E-state index in [9.17, 15) is 9.59 Å². The van der Waals surface area contributed by atoms with Gasteiger partial charge in [0.25, 0.3) is 11.5 Å². The molecule has 0 bridgehead atoms. The molecule has 2 saturated carbocycles. The minimum absolute atomic E-state index is 0.0827. The number of aromatic nitrogens is 3. The summed E-state index contributed by atoms with van der Waals surface area (Å²) in [5.74, 6) is 0.271. The number of amides is 1. The van der Waals surface area contributed by atoms with E-state index in [4.69, 9.17) is 11.6 Å². The Kier molecular flexibility index (Phi) is 4.24. The number of carbonyl (C=O) groups is 1. The molecule has 0 unspecified atom stereocenters. The molecule has 2 aromatic carbocycles. The molecule has 0 atom stereocenters. The van der Waals surface area contributed by atoms with Crippen LogP contribution in [0, 0.1) is 12.3 Å². The molecule has 1 amide bonds. The number of aromatic amines is 2. The fourth-order valence-corrected chi connectivity index (χ4v) is 5.97. The van der Waals surface area contributed by atoms with Crippen molar-refractivity contribution in [2.45, 2.75) is 44.6 Å². The Hall–Kier alpha value is -3.12. The van der Waals surface area contributed by atoms with Crippen molar-refractivity contribution in [3.63, 3.8) is 0 Å². The van der Waals surface area contributed by atoms with Crippen LogP contribution in [0.2, 0.25) is 5.02 Å². The molecular weight excluding hydrogens is 424 g/mol. The van der Waals surface area contributed by atoms with Gasteiger partial charge < -0.3 is 10.3 Å². The number of rotatable bonds is 3. The first-order valence-electron chi connectivity index (χ1n) is 11.0. The first-order chi connectivity index (χ1) is 15.4. The van der Waals surface area contributed by atoms with Crippen molar-refractivity contribution in [2.75, 3.05) is 0 Å². The number of nitrogens with one attached hydrogen (secondary N) is 3. The molecule has 162 valence electrons. The Bertz CT molecular complexity index is 1400. The van der Waals surface area contributed by atoms with Gasteiger partial charge in [0.15, 0.2) is 0 Å². The Morgan fingerprint density at radius 1 is 1.09 bits per heavy atom. The predicted octanol–water partition coefficient (Wildman–Crippen LogP) is 4.82. The Morgan fingerprint density at radius 2 is 1.84 bits per heavy atom. The smallest absolute Gasteiger partial charge is 0.272 e. The Labute approximate surface area is 189 Å². The average Bonchev–Trinajstić information content (AvgIpc) is 3.20. The minimum Gasteiger partial charge on any atom is -0.350 e. The van der Waals surface area contributed by atoms with Gasteiger partial charge in [0, 0.05) is 27.8 Å². The highest BCUT2D eigenvalue weighted by Gasteiger charge is 2.54. The van der Waals surface area contributed by atoms with Crippen molar-refractivity contribution >= 4 is 39.2 Å². The largest absolute Gasteiger partial charge is 0.350 e. The monoisotopic (exact) mass is 446 g/mol. The summed E-state index contributed by atoms with van der Waals surface area (Å²) in [6, 6.07) is 13.5. The number of H-pyrrole nitrogens is 2. The van der Waals surface area contributed by atoms with Gasteiger partial charge >= 0.3 is 0 Å². The van der Waals surface area contributed by atoms with Crippen LogP contribution in [0.3, 0.4) is 0 Å². The van der Waals surface area contributed by atoms with Crippen molar-refractivity contribution in [1.82, 2.24) is 20.5 Å². The van der Waals surface area contributed by atoms with E-state index < -0.39 is 0 Å². The van der Waals surface area contributed by atoms with Gasteiger partial charge in [-0.1, -0.05) is 35.9 Å². The molecule has 2 fully saturated rings. The second kappa shape index (κ2) is 6.94. The van der Waals surface area contributed by atoms with Crippen LogP contribution in [0.1, 0.15) is 53.3 Å². The number of carbonyl (C=O) groups excluding carboxylic acids is 1. The molecule has 0 saturated heterocycles. The Balaban J connectivity index is 1.12. The van der Waals surface area contributed by atoms with Gasteiger partial charge in [-0.15, -0.1) is 0 Å². The van der Waals surface area contributed by atoms with Gasteiger partial charge in [-0.2, -0.15) is 5.10 Å². The quantitative estimate of drug-likeness (QED) is 0.421. The van der Waals surface area contributed by atoms with Crippen LogP contribution in [0.4, 0.5) is 0 Å². The summed E-state index contributed by atoms with van der Waals surface area (Å²) in [5, 5.41) is 13.4. The van der Waals surface area contributed by atoms with E-state index in [0.29, 0.717) is 22.0 Å². The number of hydrogen-bond acceptors (Lipinski definition) is 3. The van der Waals surface area contributed by atoms with Crippen LogP contribution in [-0.2, 0) is 0 Å². The molecule has 6 nitrogen and oxygen atoms in total. The maximum Gasteiger partial charge on any atom is 0.272 e. The highest BCUT2D eigenvalue weighted by Crippen LogP contribution is 2.62. The zero-order chi connectivity index (χ0) is 22.0. The van der Waals surface area contributed by atoms with Crippen molar-refractivity contribution in [3.8, 4) is 0 Å². The van der Waals surface area contributed by atoms with Crippen LogP contribution in [0.25, 0.3) is 21.7 Å². The van der Waals surface area contributed by atoms with E-state index in [0.717, 1.165) is 53.2 Å². The molecule has 7 heteroatoms. The molecule has 4 aromatic rings. The van der Waals surface area contributed by atoms with Gasteiger partial charge in [0.1, 0.15) is 5.69 Å². The van der Waals surface area contributed by atoms with Crippen molar-refractivity contribution in [1.29, 1.82) is 0 Å². The molecule has 2 aliphatic rings. The average molecular weight is 447 g/mol. The first kappa shape index (κ1) is 19.6. The molecule has 2 aromatic heterocycles. The molecule has 1 spiro atoms. The van der Waals surface area contributed by atoms with Crippen LogP contribution in [0.15, 0.2) is 47.3 Å².